The predicted octanol–water partition coefficient (Wildman–Crippen LogP) is 2.43. The van der Waals surface area contributed by atoms with E-state index >= 15 is 0 Å². The second-order valence-corrected chi connectivity index (χ2v) is 8.81. The number of carbonyl (C=O) groups excluding carboxylic acids is 1. The van der Waals surface area contributed by atoms with Crippen molar-refractivity contribution in [3.8, 4) is 5.88 Å². The molecule has 3 rings (SSSR count). The van der Waals surface area contributed by atoms with E-state index in [4.69, 9.17) is 15.2 Å². The first-order valence-electron chi connectivity index (χ1n) is 9.19. The summed E-state index contributed by atoms with van der Waals surface area (Å²) in [6, 6.07) is 1.89. The SMILES string of the molecule is Cc1cc(OCCN2CCOCC2)nc2sc(C(=O)NC(C)(C)C)c(N)c12. The molecular formula is C19H28N4O3S. The van der Waals surface area contributed by atoms with Crippen LogP contribution >= 0.6 is 11.3 Å². The lowest BCUT2D eigenvalue weighted by molar-refractivity contribution is 0.0320. The Labute approximate surface area is 163 Å². The van der Waals surface area contributed by atoms with Crippen LogP contribution in [0.4, 0.5) is 5.69 Å². The molecule has 1 amide bonds. The Morgan fingerprint density at radius 3 is 2.78 bits per heavy atom. The van der Waals surface area contributed by atoms with Crippen molar-refractivity contribution in [1.29, 1.82) is 0 Å². The first kappa shape index (κ1) is 19.9. The average Bonchev–Trinajstić information content (AvgIpc) is 2.92. The van der Waals surface area contributed by atoms with Crippen LogP contribution in [0.25, 0.3) is 10.2 Å². The average molecular weight is 393 g/mol. The molecule has 0 unspecified atom stereocenters. The van der Waals surface area contributed by atoms with Crippen molar-refractivity contribution in [1.82, 2.24) is 15.2 Å². The van der Waals surface area contributed by atoms with Gasteiger partial charge in [-0.1, -0.05) is 0 Å². The number of nitrogens with zero attached hydrogens (tertiary/aromatic N) is 2. The van der Waals surface area contributed by atoms with Crippen LogP contribution < -0.4 is 15.8 Å². The maximum absolute atomic E-state index is 12.5. The minimum atomic E-state index is -0.323. The largest absolute Gasteiger partial charge is 0.476 e. The summed E-state index contributed by atoms with van der Waals surface area (Å²) >= 11 is 1.31. The highest BCUT2D eigenvalue weighted by atomic mass is 32.1. The number of aromatic nitrogens is 1. The number of thiophene rings is 1. The van der Waals surface area contributed by atoms with Crippen LogP contribution in [0.15, 0.2) is 6.07 Å². The Kier molecular flexibility index (Phi) is 5.88. The van der Waals surface area contributed by atoms with Crippen molar-refractivity contribution in [2.24, 2.45) is 0 Å². The molecule has 3 heterocycles. The topological polar surface area (TPSA) is 89.7 Å². The van der Waals surface area contributed by atoms with Crippen LogP contribution in [0.1, 0.15) is 36.0 Å². The third-order valence-electron chi connectivity index (χ3n) is 4.33. The Hall–Kier alpha value is -1.90. The van der Waals surface area contributed by atoms with Gasteiger partial charge >= 0.3 is 0 Å². The highest BCUT2D eigenvalue weighted by molar-refractivity contribution is 7.21. The summed E-state index contributed by atoms with van der Waals surface area (Å²) in [5.41, 5.74) is 7.38. The molecule has 148 valence electrons. The summed E-state index contributed by atoms with van der Waals surface area (Å²) in [5.74, 6) is 0.398. The van der Waals surface area contributed by atoms with Crippen molar-refractivity contribution in [2.45, 2.75) is 33.2 Å². The van der Waals surface area contributed by atoms with E-state index in [0.29, 0.717) is 23.1 Å². The Morgan fingerprint density at radius 1 is 1.41 bits per heavy atom. The lowest BCUT2D eigenvalue weighted by Crippen LogP contribution is -2.40. The zero-order valence-electron chi connectivity index (χ0n) is 16.4. The van der Waals surface area contributed by atoms with Crippen molar-refractivity contribution < 1.29 is 14.3 Å². The van der Waals surface area contributed by atoms with Gasteiger partial charge in [-0.3, -0.25) is 9.69 Å². The van der Waals surface area contributed by atoms with Crippen LogP contribution in [0, 0.1) is 6.92 Å². The van der Waals surface area contributed by atoms with Gasteiger partial charge in [-0.2, -0.15) is 0 Å². The van der Waals surface area contributed by atoms with E-state index in [9.17, 15) is 4.79 Å². The van der Waals surface area contributed by atoms with Crippen molar-refractivity contribution in [3.63, 3.8) is 0 Å². The van der Waals surface area contributed by atoms with Gasteiger partial charge in [0.25, 0.3) is 5.91 Å². The molecule has 1 aliphatic heterocycles. The summed E-state index contributed by atoms with van der Waals surface area (Å²) in [7, 11) is 0. The van der Waals surface area contributed by atoms with Gasteiger partial charge in [0, 0.05) is 36.6 Å². The number of nitrogens with one attached hydrogen (secondary N) is 1. The van der Waals surface area contributed by atoms with Gasteiger partial charge in [-0.05, 0) is 33.3 Å². The quantitative estimate of drug-likeness (QED) is 0.812. The maximum Gasteiger partial charge on any atom is 0.263 e. The number of morpholine rings is 1. The fourth-order valence-electron chi connectivity index (χ4n) is 3.03. The number of pyridine rings is 1. The molecule has 0 bridgehead atoms. The maximum atomic E-state index is 12.5. The fraction of sp³-hybridized carbons (Fsp3) is 0.579. The predicted molar refractivity (Wildman–Crippen MR) is 109 cm³/mol. The van der Waals surface area contributed by atoms with Gasteiger partial charge in [0.2, 0.25) is 5.88 Å². The third-order valence-corrected chi connectivity index (χ3v) is 5.43. The minimum absolute atomic E-state index is 0.169. The second kappa shape index (κ2) is 8.00. The molecule has 8 heteroatoms. The Morgan fingerprint density at radius 2 is 2.11 bits per heavy atom. The molecule has 0 saturated carbocycles. The summed E-state index contributed by atoms with van der Waals surface area (Å²) in [6.07, 6.45) is 0. The highest BCUT2D eigenvalue weighted by Gasteiger charge is 2.23. The van der Waals surface area contributed by atoms with Crippen LogP contribution in [-0.4, -0.2) is 60.8 Å². The number of fused-ring (bicyclic) bond motifs is 1. The van der Waals surface area contributed by atoms with E-state index in [1.807, 2.05) is 33.8 Å². The number of aryl methyl sites for hydroxylation is 1. The molecular weight excluding hydrogens is 364 g/mol. The molecule has 2 aromatic rings. The van der Waals surface area contributed by atoms with E-state index < -0.39 is 0 Å². The summed E-state index contributed by atoms with van der Waals surface area (Å²) in [4.78, 5) is 20.7. The molecule has 7 nitrogen and oxygen atoms in total. The molecule has 1 saturated heterocycles. The molecule has 1 fully saturated rings. The number of rotatable bonds is 5. The monoisotopic (exact) mass is 392 g/mol. The molecule has 0 aliphatic carbocycles. The van der Waals surface area contributed by atoms with Crippen LogP contribution in [0.3, 0.4) is 0 Å². The number of carbonyl (C=O) groups is 1. The number of hydrogen-bond acceptors (Lipinski definition) is 7. The van der Waals surface area contributed by atoms with E-state index in [2.05, 4.69) is 15.2 Å². The number of ether oxygens (including phenoxy) is 2. The fourth-order valence-corrected chi connectivity index (χ4v) is 4.08. The Balaban J connectivity index is 1.74. The number of nitrogen functional groups attached to an aromatic ring is 1. The zero-order valence-corrected chi connectivity index (χ0v) is 17.2. The first-order chi connectivity index (χ1) is 12.7. The number of hydrogen-bond donors (Lipinski definition) is 2. The van der Waals surface area contributed by atoms with Gasteiger partial charge < -0.3 is 20.5 Å². The lowest BCUT2D eigenvalue weighted by atomic mass is 10.1. The molecule has 2 aromatic heterocycles. The number of anilines is 1. The second-order valence-electron chi connectivity index (χ2n) is 7.81. The van der Waals surface area contributed by atoms with E-state index in [1.165, 1.54) is 11.3 Å². The van der Waals surface area contributed by atoms with Gasteiger partial charge in [0.1, 0.15) is 16.3 Å². The van der Waals surface area contributed by atoms with E-state index in [1.54, 1.807) is 0 Å². The molecule has 0 aromatic carbocycles. The third kappa shape index (κ3) is 4.88. The molecule has 0 atom stereocenters. The number of amides is 1. The molecule has 1 aliphatic rings. The smallest absolute Gasteiger partial charge is 0.263 e. The minimum Gasteiger partial charge on any atom is -0.476 e. The van der Waals surface area contributed by atoms with Crippen molar-refractivity contribution in [2.75, 3.05) is 45.2 Å². The molecule has 0 spiro atoms. The van der Waals surface area contributed by atoms with Crippen molar-refractivity contribution in [3.05, 3.63) is 16.5 Å². The lowest BCUT2D eigenvalue weighted by Gasteiger charge is -2.26. The molecule has 0 radical (unpaired) electrons. The standard InChI is InChI=1S/C19H28N4O3S/c1-12-11-13(26-10-7-23-5-8-25-9-6-23)21-18-14(12)15(20)16(27-18)17(24)22-19(2,3)4/h11H,5-10,20H2,1-4H3,(H,22,24). The summed E-state index contributed by atoms with van der Waals surface area (Å²) in [5, 5.41) is 3.79. The molecule has 27 heavy (non-hydrogen) atoms. The van der Waals surface area contributed by atoms with E-state index in [0.717, 1.165) is 48.6 Å². The summed E-state index contributed by atoms with van der Waals surface area (Å²) in [6.45, 7) is 12.6. The van der Waals surface area contributed by atoms with Gasteiger partial charge in [-0.15, -0.1) is 11.3 Å². The first-order valence-corrected chi connectivity index (χ1v) is 10.0. The van der Waals surface area contributed by atoms with Gasteiger partial charge in [-0.25, -0.2) is 4.98 Å². The Bertz CT molecular complexity index is 822. The number of nitrogens with two attached hydrogens (primary N) is 1. The van der Waals surface area contributed by atoms with Gasteiger partial charge in [0.15, 0.2) is 0 Å². The molecule has 3 N–H and O–H groups in total. The zero-order chi connectivity index (χ0) is 19.6. The van der Waals surface area contributed by atoms with Crippen LogP contribution in [-0.2, 0) is 4.74 Å². The van der Waals surface area contributed by atoms with Crippen LogP contribution in [0.5, 0.6) is 5.88 Å². The van der Waals surface area contributed by atoms with Gasteiger partial charge in [0.05, 0.1) is 18.9 Å². The summed E-state index contributed by atoms with van der Waals surface area (Å²) < 4.78 is 11.2. The van der Waals surface area contributed by atoms with E-state index in [-0.39, 0.29) is 11.4 Å². The van der Waals surface area contributed by atoms with Crippen LogP contribution in [0.2, 0.25) is 0 Å². The highest BCUT2D eigenvalue weighted by Crippen LogP contribution is 2.36. The van der Waals surface area contributed by atoms with Crippen molar-refractivity contribution >= 4 is 33.1 Å². The normalized spacial score (nSPS) is 15.9.